The van der Waals surface area contributed by atoms with Gasteiger partial charge in [0.05, 0.1) is 0 Å². The standard InChI is InChI=1S/C16H13F2NO3/c17-12-7-5-10(6-8-12)15(20)19-14(16(21)22)9-11-3-1-2-4-13(11)18/h1-8,14H,9H2,(H,19,20)(H,21,22)/t14-/m1/s1. The highest BCUT2D eigenvalue weighted by Gasteiger charge is 2.22. The van der Waals surface area contributed by atoms with Crippen LogP contribution in [0, 0.1) is 11.6 Å². The molecule has 0 saturated carbocycles. The minimum absolute atomic E-state index is 0.126. The third-order valence-corrected chi connectivity index (χ3v) is 3.09. The molecule has 1 atom stereocenters. The molecule has 0 bridgehead atoms. The number of aliphatic carboxylic acids is 1. The zero-order chi connectivity index (χ0) is 16.1. The maximum Gasteiger partial charge on any atom is 0.326 e. The molecule has 0 aliphatic heterocycles. The van der Waals surface area contributed by atoms with Crippen molar-refractivity contribution in [1.29, 1.82) is 0 Å². The topological polar surface area (TPSA) is 66.4 Å². The largest absolute Gasteiger partial charge is 0.480 e. The van der Waals surface area contributed by atoms with Crippen molar-refractivity contribution in [1.82, 2.24) is 5.32 Å². The Balaban J connectivity index is 2.12. The summed E-state index contributed by atoms with van der Waals surface area (Å²) >= 11 is 0. The van der Waals surface area contributed by atoms with Gasteiger partial charge in [-0.15, -0.1) is 0 Å². The first-order valence-corrected chi connectivity index (χ1v) is 6.50. The fourth-order valence-corrected chi connectivity index (χ4v) is 1.93. The number of carboxylic acids is 1. The number of carboxylic acid groups (broad SMARTS) is 1. The first-order chi connectivity index (χ1) is 10.5. The van der Waals surface area contributed by atoms with Crippen LogP contribution >= 0.6 is 0 Å². The first kappa shape index (κ1) is 15.6. The van der Waals surface area contributed by atoms with Gasteiger partial charge in [0.25, 0.3) is 5.91 Å². The fourth-order valence-electron chi connectivity index (χ4n) is 1.93. The van der Waals surface area contributed by atoms with E-state index in [4.69, 9.17) is 5.11 Å². The summed E-state index contributed by atoms with van der Waals surface area (Å²) in [4.78, 5) is 23.2. The molecule has 0 aliphatic carbocycles. The maximum atomic E-state index is 13.6. The molecule has 0 unspecified atom stereocenters. The van der Waals surface area contributed by atoms with Gasteiger partial charge < -0.3 is 10.4 Å². The van der Waals surface area contributed by atoms with E-state index < -0.39 is 29.6 Å². The van der Waals surface area contributed by atoms with Crippen LogP contribution in [0.3, 0.4) is 0 Å². The number of amides is 1. The van der Waals surface area contributed by atoms with Crippen LogP contribution in [0.15, 0.2) is 48.5 Å². The Labute approximate surface area is 125 Å². The van der Waals surface area contributed by atoms with E-state index in [0.29, 0.717) is 0 Å². The second kappa shape index (κ2) is 6.80. The second-order valence-corrected chi connectivity index (χ2v) is 4.67. The van der Waals surface area contributed by atoms with E-state index in [0.717, 1.165) is 12.1 Å². The van der Waals surface area contributed by atoms with Crippen LogP contribution in [0.5, 0.6) is 0 Å². The average Bonchev–Trinajstić information content (AvgIpc) is 2.49. The number of carbonyl (C=O) groups is 2. The molecule has 2 aromatic carbocycles. The molecular weight excluding hydrogens is 292 g/mol. The maximum absolute atomic E-state index is 13.6. The Hall–Kier alpha value is -2.76. The molecule has 6 heteroatoms. The molecule has 4 nitrogen and oxygen atoms in total. The Morgan fingerprint density at radius 1 is 1.05 bits per heavy atom. The molecule has 0 aliphatic rings. The van der Waals surface area contributed by atoms with Crippen molar-refractivity contribution in [3.8, 4) is 0 Å². The molecule has 0 fully saturated rings. The molecule has 114 valence electrons. The highest BCUT2D eigenvalue weighted by Crippen LogP contribution is 2.10. The predicted octanol–water partition coefficient (Wildman–Crippen LogP) is 2.39. The summed E-state index contributed by atoms with van der Waals surface area (Å²) in [6, 6.07) is 9.15. The van der Waals surface area contributed by atoms with E-state index >= 15 is 0 Å². The van der Waals surface area contributed by atoms with Gasteiger partial charge in [0.15, 0.2) is 0 Å². The Morgan fingerprint density at radius 3 is 2.27 bits per heavy atom. The van der Waals surface area contributed by atoms with Gasteiger partial charge in [-0.1, -0.05) is 18.2 Å². The van der Waals surface area contributed by atoms with Gasteiger partial charge in [0, 0.05) is 12.0 Å². The summed E-state index contributed by atoms with van der Waals surface area (Å²) in [6.45, 7) is 0. The first-order valence-electron chi connectivity index (χ1n) is 6.50. The van der Waals surface area contributed by atoms with Gasteiger partial charge in [-0.2, -0.15) is 0 Å². The molecule has 0 aromatic heterocycles. The SMILES string of the molecule is O=C(N[C@H](Cc1ccccc1F)C(=O)O)c1ccc(F)cc1. The summed E-state index contributed by atoms with van der Waals surface area (Å²) in [5, 5.41) is 11.5. The van der Waals surface area contributed by atoms with Crippen molar-refractivity contribution in [2.24, 2.45) is 0 Å². The zero-order valence-corrected chi connectivity index (χ0v) is 11.4. The second-order valence-electron chi connectivity index (χ2n) is 4.67. The Kier molecular flexibility index (Phi) is 4.83. The van der Waals surface area contributed by atoms with E-state index in [2.05, 4.69) is 5.32 Å². The van der Waals surface area contributed by atoms with Crippen LogP contribution in [0.2, 0.25) is 0 Å². The molecule has 2 aromatic rings. The average molecular weight is 305 g/mol. The quantitative estimate of drug-likeness (QED) is 0.891. The number of rotatable bonds is 5. The van der Waals surface area contributed by atoms with E-state index in [1.54, 1.807) is 6.07 Å². The van der Waals surface area contributed by atoms with Gasteiger partial charge in [0.1, 0.15) is 17.7 Å². The van der Waals surface area contributed by atoms with Crippen molar-refractivity contribution in [3.05, 3.63) is 71.3 Å². The highest BCUT2D eigenvalue weighted by atomic mass is 19.1. The number of hydrogen-bond acceptors (Lipinski definition) is 2. The summed E-state index contributed by atoms with van der Waals surface area (Å²) in [5.41, 5.74) is 0.315. The van der Waals surface area contributed by atoms with Crippen LogP contribution in [-0.4, -0.2) is 23.0 Å². The lowest BCUT2D eigenvalue weighted by atomic mass is 10.0. The van der Waals surface area contributed by atoms with E-state index in [9.17, 15) is 18.4 Å². The Bertz CT molecular complexity index is 686. The van der Waals surface area contributed by atoms with Gasteiger partial charge >= 0.3 is 5.97 Å². The summed E-state index contributed by atoms with van der Waals surface area (Å²) in [6.07, 6.45) is -0.186. The van der Waals surface area contributed by atoms with Crippen molar-refractivity contribution in [3.63, 3.8) is 0 Å². The molecule has 22 heavy (non-hydrogen) atoms. The number of carbonyl (C=O) groups excluding carboxylic acids is 1. The summed E-state index contributed by atoms with van der Waals surface area (Å²) in [7, 11) is 0. The van der Waals surface area contributed by atoms with Gasteiger partial charge in [-0.05, 0) is 35.9 Å². The van der Waals surface area contributed by atoms with E-state index in [1.165, 1.54) is 30.3 Å². The molecule has 0 spiro atoms. The van der Waals surface area contributed by atoms with E-state index in [-0.39, 0.29) is 17.5 Å². The van der Waals surface area contributed by atoms with Gasteiger partial charge in [0.2, 0.25) is 0 Å². The molecule has 0 radical (unpaired) electrons. The van der Waals surface area contributed by atoms with Crippen molar-refractivity contribution >= 4 is 11.9 Å². The number of hydrogen-bond donors (Lipinski definition) is 2. The molecule has 0 saturated heterocycles. The Morgan fingerprint density at radius 2 is 1.68 bits per heavy atom. The smallest absolute Gasteiger partial charge is 0.326 e. The third kappa shape index (κ3) is 3.88. The van der Waals surface area contributed by atoms with Crippen LogP contribution in [0.4, 0.5) is 8.78 Å². The third-order valence-electron chi connectivity index (χ3n) is 3.09. The lowest BCUT2D eigenvalue weighted by Crippen LogP contribution is -2.42. The fraction of sp³-hybridized carbons (Fsp3) is 0.125. The predicted molar refractivity (Wildman–Crippen MR) is 75.4 cm³/mol. The minimum Gasteiger partial charge on any atom is -0.480 e. The van der Waals surface area contributed by atoms with Crippen LogP contribution in [0.1, 0.15) is 15.9 Å². The van der Waals surface area contributed by atoms with Crippen molar-refractivity contribution < 1.29 is 23.5 Å². The van der Waals surface area contributed by atoms with Crippen LogP contribution in [0.25, 0.3) is 0 Å². The molecular formula is C16H13F2NO3. The van der Waals surface area contributed by atoms with Gasteiger partial charge in [-0.3, -0.25) is 4.79 Å². The lowest BCUT2D eigenvalue weighted by molar-refractivity contribution is -0.139. The monoisotopic (exact) mass is 305 g/mol. The molecule has 2 rings (SSSR count). The highest BCUT2D eigenvalue weighted by molar-refractivity contribution is 5.96. The molecule has 1 amide bonds. The van der Waals surface area contributed by atoms with Crippen molar-refractivity contribution in [2.45, 2.75) is 12.5 Å². The number of nitrogens with one attached hydrogen (secondary N) is 1. The summed E-state index contributed by atoms with van der Waals surface area (Å²) in [5.74, 6) is -2.98. The number of halogens is 2. The van der Waals surface area contributed by atoms with Crippen LogP contribution in [-0.2, 0) is 11.2 Å². The zero-order valence-electron chi connectivity index (χ0n) is 11.4. The molecule has 2 N–H and O–H groups in total. The number of benzene rings is 2. The van der Waals surface area contributed by atoms with E-state index in [1.807, 2.05) is 0 Å². The normalized spacial score (nSPS) is 11.7. The minimum atomic E-state index is -1.28. The molecule has 0 heterocycles. The van der Waals surface area contributed by atoms with Crippen LogP contribution < -0.4 is 5.32 Å². The van der Waals surface area contributed by atoms with Gasteiger partial charge in [-0.25, -0.2) is 13.6 Å². The van der Waals surface area contributed by atoms with Crippen molar-refractivity contribution in [2.75, 3.05) is 0 Å². The summed E-state index contributed by atoms with van der Waals surface area (Å²) < 4.78 is 26.4. The lowest BCUT2D eigenvalue weighted by Gasteiger charge is -2.15.